The van der Waals surface area contributed by atoms with E-state index in [-0.39, 0.29) is 11.3 Å². The second-order valence-corrected chi connectivity index (χ2v) is 6.58. The van der Waals surface area contributed by atoms with Gasteiger partial charge >= 0.3 is 0 Å². The number of aliphatic hydroxyl groups excluding tert-OH is 1. The highest BCUT2D eigenvalue weighted by Gasteiger charge is 2.40. The van der Waals surface area contributed by atoms with E-state index in [9.17, 15) is 18.7 Å². The van der Waals surface area contributed by atoms with Crippen LogP contribution in [0.3, 0.4) is 0 Å². The lowest BCUT2D eigenvalue weighted by Gasteiger charge is -2.24. The Morgan fingerprint density at radius 3 is 2.41 bits per heavy atom. The van der Waals surface area contributed by atoms with E-state index in [4.69, 9.17) is 0 Å². The molecule has 0 bridgehead atoms. The lowest BCUT2D eigenvalue weighted by molar-refractivity contribution is -0.118. The summed E-state index contributed by atoms with van der Waals surface area (Å²) >= 11 is 1.37. The van der Waals surface area contributed by atoms with Gasteiger partial charge in [-0.3, -0.25) is 4.79 Å². The number of thioether (sulfide) groups is 1. The molecule has 114 valence electrons. The molecule has 0 radical (unpaired) electrons. The van der Waals surface area contributed by atoms with Crippen molar-refractivity contribution in [2.75, 3.05) is 0 Å². The highest BCUT2D eigenvalue weighted by molar-refractivity contribution is 8.00. The minimum Gasteiger partial charge on any atom is -0.387 e. The molecule has 3 unspecified atom stereocenters. The lowest BCUT2D eigenvalue weighted by Crippen LogP contribution is -2.25. The van der Waals surface area contributed by atoms with E-state index in [2.05, 4.69) is 0 Å². The minimum atomic E-state index is -0.846. The van der Waals surface area contributed by atoms with E-state index in [1.165, 1.54) is 18.7 Å². The molecule has 0 fully saturated rings. The number of aliphatic hydroxyl groups is 1. The average Bonchev–Trinajstić information content (AvgIpc) is 2.75. The summed E-state index contributed by atoms with van der Waals surface area (Å²) in [5, 5.41) is 10.0. The normalized spacial score (nSPS) is 21.5. The number of carbonyl (C=O) groups is 1. The van der Waals surface area contributed by atoms with Gasteiger partial charge < -0.3 is 5.11 Å². The Bertz CT molecular complexity index is 712. The first-order valence-electron chi connectivity index (χ1n) is 6.87. The molecule has 1 aliphatic heterocycles. The van der Waals surface area contributed by atoms with Crippen LogP contribution in [0.5, 0.6) is 0 Å². The second-order valence-electron chi connectivity index (χ2n) is 5.36. The van der Waals surface area contributed by atoms with Gasteiger partial charge in [-0.1, -0.05) is 18.2 Å². The van der Waals surface area contributed by atoms with Gasteiger partial charge in [0.1, 0.15) is 17.4 Å². The maximum atomic E-state index is 13.5. The van der Waals surface area contributed by atoms with Crippen molar-refractivity contribution in [3.8, 4) is 0 Å². The Morgan fingerprint density at radius 2 is 1.82 bits per heavy atom. The van der Waals surface area contributed by atoms with E-state index in [0.717, 1.165) is 28.7 Å². The maximum absolute atomic E-state index is 13.5. The number of Topliss-reactive ketones (excluding diaryl/α,β-unsaturated/α-hetero) is 1. The summed E-state index contributed by atoms with van der Waals surface area (Å²) in [5.41, 5.74) is 1.01. The van der Waals surface area contributed by atoms with Crippen LogP contribution in [-0.2, 0) is 4.79 Å². The van der Waals surface area contributed by atoms with Gasteiger partial charge in [0.25, 0.3) is 0 Å². The molecule has 3 rings (SSSR count). The number of rotatable bonds is 3. The molecule has 1 aliphatic rings. The van der Waals surface area contributed by atoms with Crippen molar-refractivity contribution in [3.05, 3.63) is 65.2 Å². The van der Waals surface area contributed by atoms with Gasteiger partial charge in [0.2, 0.25) is 0 Å². The van der Waals surface area contributed by atoms with Crippen LogP contribution in [0.25, 0.3) is 0 Å². The number of benzene rings is 2. The smallest absolute Gasteiger partial charge is 0.138 e. The SMILES string of the molecule is CC(=O)C(c1cc(F)cc(F)c1)C1Sc2ccccc2C1O. The maximum Gasteiger partial charge on any atom is 0.138 e. The number of hydrogen-bond acceptors (Lipinski definition) is 3. The van der Waals surface area contributed by atoms with Crippen LogP contribution in [0.15, 0.2) is 47.4 Å². The summed E-state index contributed by atoms with van der Waals surface area (Å²) in [7, 11) is 0. The van der Waals surface area contributed by atoms with Crippen LogP contribution < -0.4 is 0 Å². The molecule has 0 aromatic heterocycles. The average molecular weight is 320 g/mol. The summed E-state index contributed by atoms with van der Waals surface area (Å²) in [6, 6.07) is 10.4. The summed E-state index contributed by atoms with van der Waals surface area (Å²) in [4.78, 5) is 13.0. The Kier molecular flexibility index (Phi) is 4.02. The Morgan fingerprint density at radius 1 is 1.18 bits per heavy atom. The van der Waals surface area contributed by atoms with Crippen molar-refractivity contribution in [1.29, 1.82) is 0 Å². The summed E-state index contributed by atoms with van der Waals surface area (Å²) in [6.45, 7) is 1.38. The standard InChI is InChI=1S/C17H14F2O2S/c1-9(20)15(10-6-11(18)8-12(19)7-10)17-16(21)13-4-2-3-5-14(13)22-17/h2-8,15-17,21H,1H3. The molecule has 0 amide bonds. The highest BCUT2D eigenvalue weighted by atomic mass is 32.2. The highest BCUT2D eigenvalue weighted by Crippen LogP contribution is 2.49. The number of fused-ring (bicyclic) bond motifs is 1. The molecular weight excluding hydrogens is 306 g/mol. The van der Waals surface area contributed by atoms with Gasteiger partial charge in [-0.15, -0.1) is 11.8 Å². The van der Waals surface area contributed by atoms with Gasteiger partial charge in [-0.05, 0) is 36.2 Å². The summed E-state index contributed by atoms with van der Waals surface area (Å²) < 4.78 is 27.0. The van der Waals surface area contributed by atoms with Crippen LogP contribution in [0, 0.1) is 11.6 Å². The third-order valence-corrected chi connectivity index (χ3v) is 5.25. The molecule has 2 nitrogen and oxygen atoms in total. The largest absolute Gasteiger partial charge is 0.387 e. The van der Waals surface area contributed by atoms with Crippen LogP contribution in [0.1, 0.15) is 30.1 Å². The molecule has 1 N–H and O–H groups in total. The van der Waals surface area contributed by atoms with Crippen molar-refractivity contribution in [2.45, 2.75) is 29.1 Å². The molecule has 3 atom stereocenters. The van der Waals surface area contributed by atoms with Crippen LogP contribution in [0.2, 0.25) is 0 Å². The first-order chi connectivity index (χ1) is 10.5. The topological polar surface area (TPSA) is 37.3 Å². The van der Waals surface area contributed by atoms with Gasteiger partial charge in [-0.2, -0.15) is 0 Å². The Labute approximate surface area is 131 Å². The van der Waals surface area contributed by atoms with Crippen LogP contribution >= 0.6 is 11.8 Å². The monoisotopic (exact) mass is 320 g/mol. The fraction of sp³-hybridized carbons (Fsp3) is 0.235. The molecule has 0 aliphatic carbocycles. The molecule has 0 saturated heterocycles. The molecule has 2 aromatic carbocycles. The van der Waals surface area contributed by atoms with Crippen LogP contribution in [-0.4, -0.2) is 16.1 Å². The molecule has 1 heterocycles. The zero-order valence-electron chi connectivity index (χ0n) is 11.8. The van der Waals surface area contributed by atoms with E-state index >= 15 is 0 Å². The van der Waals surface area contributed by atoms with Crippen molar-refractivity contribution in [1.82, 2.24) is 0 Å². The van der Waals surface area contributed by atoms with E-state index in [1.807, 2.05) is 18.2 Å². The van der Waals surface area contributed by atoms with E-state index in [0.29, 0.717) is 0 Å². The predicted molar refractivity (Wildman–Crippen MR) is 80.8 cm³/mol. The molecule has 22 heavy (non-hydrogen) atoms. The number of hydrogen-bond donors (Lipinski definition) is 1. The van der Waals surface area contributed by atoms with Crippen molar-refractivity contribution >= 4 is 17.5 Å². The first-order valence-corrected chi connectivity index (χ1v) is 7.75. The Balaban J connectivity index is 2.02. The minimum absolute atomic E-state index is 0.227. The molecule has 2 aromatic rings. The molecular formula is C17H14F2O2S. The van der Waals surface area contributed by atoms with Crippen LogP contribution in [0.4, 0.5) is 8.78 Å². The number of halogens is 2. The van der Waals surface area contributed by atoms with E-state index in [1.54, 1.807) is 6.07 Å². The van der Waals surface area contributed by atoms with Gasteiger partial charge in [0.15, 0.2) is 0 Å². The Hall–Kier alpha value is -1.72. The summed E-state index contributed by atoms with van der Waals surface area (Å²) in [5.74, 6) is -2.44. The lowest BCUT2D eigenvalue weighted by atomic mass is 9.87. The third-order valence-electron chi connectivity index (χ3n) is 3.82. The van der Waals surface area contributed by atoms with Crippen molar-refractivity contribution in [2.24, 2.45) is 0 Å². The van der Waals surface area contributed by atoms with E-state index < -0.39 is 28.9 Å². The first kappa shape index (κ1) is 15.2. The van der Waals surface area contributed by atoms with Crippen molar-refractivity contribution in [3.63, 3.8) is 0 Å². The molecule has 0 spiro atoms. The van der Waals surface area contributed by atoms with Crippen molar-refractivity contribution < 1.29 is 18.7 Å². The molecule has 0 saturated carbocycles. The summed E-state index contributed by atoms with van der Waals surface area (Å²) in [6.07, 6.45) is -0.846. The third kappa shape index (κ3) is 2.66. The number of ketones is 1. The fourth-order valence-electron chi connectivity index (χ4n) is 2.88. The zero-order valence-corrected chi connectivity index (χ0v) is 12.6. The second kappa shape index (κ2) is 5.82. The van der Waals surface area contributed by atoms with Gasteiger partial charge in [0.05, 0.1) is 17.3 Å². The number of carbonyl (C=O) groups excluding carboxylic acids is 1. The molecule has 5 heteroatoms. The zero-order chi connectivity index (χ0) is 15.9. The predicted octanol–water partition coefficient (Wildman–Crippen LogP) is 3.85. The fourth-order valence-corrected chi connectivity index (χ4v) is 4.42. The quantitative estimate of drug-likeness (QED) is 0.933. The van der Waals surface area contributed by atoms with Gasteiger partial charge in [-0.25, -0.2) is 8.78 Å². The van der Waals surface area contributed by atoms with Gasteiger partial charge in [0, 0.05) is 11.0 Å².